The quantitative estimate of drug-likeness (QED) is 0.671. The Balaban J connectivity index is 1.78. The van der Waals surface area contributed by atoms with Gasteiger partial charge < -0.3 is 15.7 Å². The van der Waals surface area contributed by atoms with Crippen molar-refractivity contribution in [2.45, 2.75) is 51.2 Å². The lowest BCUT2D eigenvalue weighted by atomic mass is 9.76. The van der Waals surface area contributed by atoms with Crippen LogP contribution in [0.4, 0.5) is 0 Å². The fourth-order valence-corrected chi connectivity index (χ4v) is 4.44. The Labute approximate surface area is 174 Å². The summed E-state index contributed by atoms with van der Waals surface area (Å²) in [5.74, 6) is -0.231. The van der Waals surface area contributed by atoms with Crippen LogP contribution in [0.25, 0.3) is 0 Å². The van der Waals surface area contributed by atoms with Crippen molar-refractivity contribution >= 4 is 5.91 Å². The van der Waals surface area contributed by atoms with Crippen molar-refractivity contribution in [3.05, 3.63) is 59.8 Å². The fourth-order valence-electron chi connectivity index (χ4n) is 4.44. The Hall–Kier alpha value is -2.11. The first-order valence-electron chi connectivity index (χ1n) is 10.8. The van der Waals surface area contributed by atoms with Gasteiger partial charge in [0.25, 0.3) is 0 Å². The molecular formula is C24H35N3O2. The molecule has 0 bridgehead atoms. The Bertz CT molecular complexity index is 746. The number of carbonyl (C=O) groups is 1. The van der Waals surface area contributed by atoms with Gasteiger partial charge in [-0.1, -0.05) is 62.2 Å². The third-order valence-corrected chi connectivity index (χ3v) is 6.45. The third kappa shape index (κ3) is 5.09. The largest absolute Gasteiger partial charge is 0.392 e. The highest BCUT2D eigenvalue weighted by Gasteiger charge is 2.35. The maximum atomic E-state index is 12.2. The van der Waals surface area contributed by atoms with Crippen LogP contribution in [0.5, 0.6) is 0 Å². The summed E-state index contributed by atoms with van der Waals surface area (Å²) < 4.78 is 0. The van der Waals surface area contributed by atoms with E-state index in [0.717, 1.165) is 51.0 Å². The number of rotatable bonds is 9. The highest BCUT2D eigenvalue weighted by atomic mass is 16.3. The minimum absolute atomic E-state index is 0.175. The number of nitrogens with zero attached hydrogens (tertiary/aromatic N) is 2. The Morgan fingerprint density at radius 3 is 2.69 bits per heavy atom. The molecule has 1 aromatic rings. The van der Waals surface area contributed by atoms with Gasteiger partial charge in [0.15, 0.2) is 0 Å². The average molecular weight is 398 g/mol. The van der Waals surface area contributed by atoms with Crippen molar-refractivity contribution in [2.24, 2.45) is 11.1 Å². The normalized spacial score (nSPS) is 25.6. The molecule has 1 unspecified atom stereocenters. The summed E-state index contributed by atoms with van der Waals surface area (Å²) in [6.45, 7) is 4.65. The fraction of sp³-hybridized carbons (Fsp3) is 0.542. The van der Waals surface area contributed by atoms with E-state index in [1.165, 1.54) is 5.56 Å². The van der Waals surface area contributed by atoms with Gasteiger partial charge in [0.2, 0.25) is 5.91 Å². The highest BCUT2D eigenvalue weighted by molar-refractivity contribution is 5.83. The lowest BCUT2D eigenvalue weighted by molar-refractivity contribution is -0.125. The highest BCUT2D eigenvalue weighted by Crippen LogP contribution is 2.37. The molecule has 1 amide bonds. The summed E-state index contributed by atoms with van der Waals surface area (Å²) in [6, 6.07) is 10.7. The van der Waals surface area contributed by atoms with Crippen molar-refractivity contribution in [1.29, 1.82) is 0 Å². The number of aliphatic hydroxyl groups is 1. The first-order chi connectivity index (χ1) is 13.9. The number of likely N-dealkylation sites (N-methyl/N-ethyl adjacent to an activating group) is 1. The van der Waals surface area contributed by atoms with E-state index >= 15 is 0 Å². The summed E-state index contributed by atoms with van der Waals surface area (Å²) in [5.41, 5.74) is 7.59. The second-order valence-electron chi connectivity index (χ2n) is 8.53. The number of β-amino-alcohol motifs (C(OH)–C–C–N with tert-alkyl or cyclic N) is 1. The van der Waals surface area contributed by atoms with Crippen LogP contribution in [0.2, 0.25) is 0 Å². The third-order valence-electron chi connectivity index (χ3n) is 6.45. The predicted molar refractivity (Wildman–Crippen MR) is 117 cm³/mol. The van der Waals surface area contributed by atoms with Crippen LogP contribution in [0.15, 0.2) is 54.3 Å². The van der Waals surface area contributed by atoms with E-state index in [1.807, 2.05) is 12.1 Å². The smallest absolute Gasteiger partial charge is 0.227 e. The second-order valence-corrected chi connectivity index (χ2v) is 8.53. The van der Waals surface area contributed by atoms with Crippen LogP contribution in [0, 0.1) is 5.41 Å². The molecule has 158 valence electrons. The molecular weight excluding hydrogens is 362 g/mol. The minimum Gasteiger partial charge on any atom is -0.392 e. The molecule has 1 aromatic carbocycles. The average Bonchev–Trinajstić information content (AvgIpc) is 3.15. The van der Waals surface area contributed by atoms with Crippen LogP contribution in [0.3, 0.4) is 0 Å². The van der Waals surface area contributed by atoms with E-state index in [2.05, 4.69) is 60.2 Å². The molecule has 3 N–H and O–H groups in total. The lowest BCUT2D eigenvalue weighted by Crippen LogP contribution is -2.38. The van der Waals surface area contributed by atoms with E-state index in [-0.39, 0.29) is 18.1 Å². The number of benzene rings is 1. The number of amides is 1. The molecule has 1 fully saturated rings. The molecule has 1 aliphatic carbocycles. The number of hydrogen-bond acceptors (Lipinski definition) is 4. The predicted octanol–water partition coefficient (Wildman–Crippen LogP) is 3.23. The van der Waals surface area contributed by atoms with Crippen LogP contribution in [-0.4, -0.2) is 53.6 Å². The molecule has 1 saturated heterocycles. The van der Waals surface area contributed by atoms with E-state index in [9.17, 15) is 9.90 Å². The molecule has 29 heavy (non-hydrogen) atoms. The molecule has 2 aliphatic rings. The maximum Gasteiger partial charge on any atom is 0.227 e. The van der Waals surface area contributed by atoms with Gasteiger partial charge in [-0.2, -0.15) is 0 Å². The number of unbranched alkanes of at least 4 members (excludes halogenated alkanes) is 1. The van der Waals surface area contributed by atoms with Gasteiger partial charge in [-0.3, -0.25) is 9.69 Å². The summed E-state index contributed by atoms with van der Waals surface area (Å²) in [6.07, 6.45) is 10.4. The Morgan fingerprint density at radius 2 is 2.14 bits per heavy atom. The number of hydrogen-bond donors (Lipinski definition) is 2. The zero-order chi connectivity index (χ0) is 20.9. The van der Waals surface area contributed by atoms with E-state index in [4.69, 9.17) is 5.73 Å². The number of carbonyl (C=O) groups excluding carboxylic acids is 1. The molecule has 0 radical (unpaired) electrons. The molecule has 0 spiro atoms. The first-order valence-corrected chi connectivity index (χ1v) is 10.8. The van der Waals surface area contributed by atoms with Gasteiger partial charge in [0, 0.05) is 32.4 Å². The summed E-state index contributed by atoms with van der Waals surface area (Å²) in [7, 11) is 2.11. The van der Waals surface area contributed by atoms with E-state index in [1.54, 1.807) is 0 Å². The van der Waals surface area contributed by atoms with E-state index in [0.29, 0.717) is 6.42 Å². The van der Waals surface area contributed by atoms with Gasteiger partial charge >= 0.3 is 0 Å². The lowest BCUT2D eigenvalue weighted by Gasteiger charge is -2.37. The minimum atomic E-state index is -0.554. The zero-order valence-electron chi connectivity index (χ0n) is 17.8. The number of nitrogens with two attached hydrogens (primary N) is 1. The van der Waals surface area contributed by atoms with Gasteiger partial charge in [-0.05, 0) is 30.9 Å². The molecule has 5 nitrogen and oxygen atoms in total. The van der Waals surface area contributed by atoms with Crippen molar-refractivity contribution in [3.63, 3.8) is 0 Å². The van der Waals surface area contributed by atoms with Gasteiger partial charge in [-0.15, -0.1) is 0 Å². The first kappa shape index (κ1) is 21.6. The Morgan fingerprint density at radius 1 is 1.38 bits per heavy atom. The van der Waals surface area contributed by atoms with Crippen molar-refractivity contribution < 1.29 is 9.90 Å². The monoisotopic (exact) mass is 397 g/mol. The summed E-state index contributed by atoms with van der Waals surface area (Å²) in [5, 5.41) is 9.93. The van der Waals surface area contributed by atoms with Gasteiger partial charge in [-0.25, -0.2) is 0 Å². The van der Waals surface area contributed by atoms with Crippen molar-refractivity contribution in [2.75, 3.05) is 26.7 Å². The second kappa shape index (κ2) is 9.59. The van der Waals surface area contributed by atoms with Gasteiger partial charge in [0.1, 0.15) is 0 Å². The molecule has 3 atom stereocenters. The number of likely N-dealkylation sites (tertiary alicyclic amines) is 1. The summed E-state index contributed by atoms with van der Waals surface area (Å²) >= 11 is 0. The number of aliphatic hydroxyl groups excluding tert-OH is 1. The van der Waals surface area contributed by atoms with Crippen LogP contribution in [-0.2, 0) is 4.79 Å². The van der Waals surface area contributed by atoms with E-state index < -0.39 is 5.41 Å². The topological polar surface area (TPSA) is 69.8 Å². The molecule has 1 aliphatic heterocycles. The van der Waals surface area contributed by atoms with Crippen molar-refractivity contribution in [1.82, 2.24) is 9.80 Å². The SMILES string of the molecule is CCCCC1(C(N)=O)C=CC(N(C)[C@H](CN2CC[C@H](O)C2)c2ccccc2)=CC1. The molecule has 1 heterocycles. The molecule has 5 heteroatoms. The van der Waals surface area contributed by atoms with Crippen LogP contribution in [0.1, 0.15) is 50.6 Å². The standard InChI is InChI=1S/C24H35N3O2/c1-3-4-13-24(23(25)29)14-10-20(11-15-24)26(2)22(19-8-6-5-7-9-19)18-27-16-12-21(28)17-27/h5-11,14,21-22,28H,3-4,12-13,15-18H2,1-2H3,(H2,25,29)/t21-,22+,24?/m0/s1. The summed E-state index contributed by atoms with van der Waals surface area (Å²) in [4.78, 5) is 16.8. The van der Waals surface area contributed by atoms with Gasteiger partial charge in [0.05, 0.1) is 17.6 Å². The molecule has 3 rings (SSSR count). The number of allylic oxidation sites excluding steroid dienone is 2. The molecule has 0 saturated carbocycles. The molecule has 0 aromatic heterocycles. The van der Waals surface area contributed by atoms with Crippen LogP contribution >= 0.6 is 0 Å². The van der Waals surface area contributed by atoms with Crippen LogP contribution < -0.4 is 5.73 Å². The maximum absolute atomic E-state index is 12.2. The zero-order valence-corrected chi connectivity index (χ0v) is 17.8. The number of primary amides is 1. The Kier molecular flexibility index (Phi) is 7.14. The van der Waals surface area contributed by atoms with Crippen molar-refractivity contribution in [3.8, 4) is 0 Å².